The molecule has 106 valence electrons. The first kappa shape index (κ1) is 13.3. The Morgan fingerprint density at radius 2 is 2.35 bits per heavy atom. The maximum atomic E-state index is 5.57. The summed E-state index contributed by atoms with van der Waals surface area (Å²) in [7, 11) is 0. The molecule has 1 aliphatic rings. The summed E-state index contributed by atoms with van der Waals surface area (Å²) in [6, 6.07) is 6.60. The Balaban J connectivity index is 1.74. The topological polar surface area (TPSA) is 42.2 Å². The first-order valence-corrected chi connectivity index (χ1v) is 7.33. The SMILES string of the molecule is CC(C)c1cc([C@H]2CCCN2Cc2cccnc2)on1. The van der Waals surface area contributed by atoms with Gasteiger partial charge in [0, 0.05) is 25.0 Å². The monoisotopic (exact) mass is 271 g/mol. The molecule has 0 aromatic carbocycles. The molecule has 1 atom stereocenters. The van der Waals surface area contributed by atoms with Gasteiger partial charge in [-0.25, -0.2) is 0 Å². The summed E-state index contributed by atoms with van der Waals surface area (Å²) in [5, 5.41) is 4.19. The molecule has 0 spiro atoms. The van der Waals surface area contributed by atoms with E-state index in [2.05, 4.69) is 41.0 Å². The number of pyridine rings is 1. The second-order valence-corrected chi connectivity index (χ2v) is 5.80. The Hall–Kier alpha value is -1.68. The standard InChI is InChI=1S/C16H21N3O/c1-12(2)14-9-16(20-18-14)15-6-4-8-19(15)11-13-5-3-7-17-10-13/h3,5,7,9-10,12,15H,4,6,8,11H2,1-2H3/t15-/m1/s1. The smallest absolute Gasteiger partial charge is 0.154 e. The molecule has 4 nitrogen and oxygen atoms in total. The highest BCUT2D eigenvalue weighted by atomic mass is 16.5. The second-order valence-electron chi connectivity index (χ2n) is 5.80. The van der Waals surface area contributed by atoms with Crippen LogP contribution in [0.15, 0.2) is 35.1 Å². The predicted octanol–water partition coefficient (Wildman–Crippen LogP) is 3.53. The minimum Gasteiger partial charge on any atom is -0.359 e. The molecule has 1 saturated heterocycles. The van der Waals surface area contributed by atoms with Crippen LogP contribution in [0.25, 0.3) is 0 Å². The Kier molecular flexibility index (Phi) is 3.83. The van der Waals surface area contributed by atoms with E-state index in [1.165, 1.54) is 12.0 Å². The minimum atomic E-state index is 0.357. The average molecular weight is 271 g/mol. The van der Waals surface area contributed by atoms with Gasteiger partial charge in [-0.3, -0.25) is 9.88 Å². The second kappa shape index (κ2) is 5.75. The zero-order chi connectivity index (χ0) is 13.9. The Bertz CT molecular complexity index is 550. The van der Waals surface area contributed by atoms with Crippen LogP contribution in [0, 0.1) is 0 Å². The first-order valence-electron chi connectivity index (χ1n) is 7.33. The molecular weight excluding hydrogens is 250 g/mol. The number of hydrogen-bond donors (Lipinski definition) is 0. The van der Waals surface area contributed by atoms with E-state index in [0.29, 0.717) is 12.0 Å². The van der Waals surface area contributed by atoms with Gasteiger partial charge in [0.2, 0.25) is 0 Å². The molecule has 0 amide bonds. The summed E-state index contributed by atoms with van der Waals surface area (Å²) in [5.41, 5.74) is 2.30. The Morgan fingerprint density at radius 3 is 3.05 bits per heavy atom. The van der Waals surface area contributed by atoms with Crippen LogP contribution in [0.1, 0.15) is 55.7 Å². The molecule has 0 bridgehead atoms. The minimum absolute atomic E-state index is 0.357. The van der Waals surface area contributed by atoms with Gasteiger partial charge >= 0.3 is 0 Å². The van der Waals surface area contributed by atoms with E-state index in [0.717, 1.165) is 31.0 Å². The lowest BCUT2D eigenvalue weighted by Gasteiger charge is -2.22. The van der Waals surface area contributed by atoms with Crippen LogP contribution < -0.4 is 0 Å². The normalized spacial score (nSPS) is 19.9. The highest BCUT2D eigenvalue weighted by molar-refractivity contribution is 5.15. The van der Waals surface area contributed by atoms with Gasteiger partial charge in [-0.15, -0.1) is 0 Å². The third kappa shape index (κ3) is 2.75. The highest BCUT2D eigenvalue weighted by Crippen LogP contribution is 2.34. The van der Waals surface area contributed by atoms with Crippen molar-refractivity contribution in [2.24, 2.45) is 0 Å². The average Bonchev–Trinajstić information content (AvgIpc) is 3.08. The summed E-state index contributed by atoms with van der Waals surface area (Å²) in [6.07, 6.45) is 6.11. The maximum Gasteiger partial charge on any atom is 0.154 e. The molecule has 0 unspecified atom stereocenters. The summed E-state index contributed by atoms with van der Waals surface area (Å²) in [6.45, 7) is 6.32. The predicted molar refractivity (Wildman–Crippen MR) is 77.2 cm³/mol. The van der Waals surface area contributed by atoms with Crippen molar-refractivity contribution in [3.05, 3.63) is 47.6 Å². The van der Waals surface area contributed by atoms with E-state index in [-0.39, 0.29) is 0 Å². The van der Waals surface area contributed by atoms with Gasteiger partial charge in [0.15, 0.2) is 5.76 Å². The van der Waals surface area contributed by atoms with E-state index in [9.17, 15) is 0 Å². The van der Waals surface area contributed by atoms with Gasteiger partial charge < -0.3 is 4.52 Å². The third-order valence-corrected chi connectivity index (χ3v) is 3.94. The van der Waals surface area contributed by atoms with Gasteiger partial charge in [0.1, 0.15) is 0 Å². The fraction of sp³-hybridized carbons (Fsp3) is 0.500. The molecule has 0 N–H and O–H groups in total. The lowest BCUT2D eigenvalue weighted by Crippen LogP contribution is -2.22. The third-order valence-electron chi connectivity index (χ3n) is 3.94. The highest BCUT2D eigenvalue weighted by Gasteiger charge is 2.29. The number of aromatic nitrogens is 2. The number of hydrogen-bond acceptors (Lipinski definition) is 4. The first-order chi connectivity index (χ1) is 9.74. The van der Waals surface area contributed by atoms with Crippen molar-refractivity contribution < 1.29 is 4.52 Å². The van der Waals surface area contributed by atoms with Crippen LogP contribution >= 0.6 is 0 Å². The molecule has 1 fully saturated rings. The van der Waals surface area contributed by atoms with Crippen molar-refractivity contribution >= 4 is 0 Å². The molecule has 4 heteroatoms. The zero-order valence-electron chi connectivity index (χ0n) is 12.1. The molecule has 20 heavy (non-hydrogen) atoms. The van der Waals surface area contributed by atoms with Crippen LogP contribution in [-0.2, 0) is 6.54 Å². The largest absolute Gasteiger partial charge is 0.359 e. The fourth-order valence-electron chi connectivity index (χ4n) is 2.80. The van der Waals surface area contributed by atoms with Crippen molar-refractivity contribution in [2.45, 2.75) is 45.2 Å². The molecule has 3 rings (SSSR count). The zero-order valence-corrected chi connectivity index (χ0v) is 12.1. The lowest BCUT2D eigenvalue weighted by atomic mass is 10.1. The summed E-state index contributed by atoms with van der Waals surface area (Å²) >= 11 is 0. The fourth-order valence-corrected chi connectivity index (χ4v) is 2.80. The molecule has 2 aromatic rings. The van der Waals surface area contributed by atoms with Gasteiger partial charge in [0.05, 0.1) is 11.7 Å². The van der Waals surface area contributed by atoms with Gasteiger partial charge in [-0.05, 0) is 36.9 Å². The Morgan fingerprint density at radius 1 is 1.45 bits per heavy atom. The van der Waals surface area contributed by atoms with Crippen molar-refractivity contribution in [3.8, 4) is 0 Å². The molecule has 1 aliphatic heterocycles. The Labute approximate surface area is 119 Å². The van der Waals surface area contributed by atoms with E-state index in [4.69, 9.17) is 4.52 Å². The molecule has 0 saturated carbocycles. The number of nitrogens with zero attached hydrogens (tertiary/aromatic N) is 3. The molecule has 0 radical (unpaired) electrons. The van der Waals surface area contributed by atoms with Crippen molar-refractivity contribution in [1.82, 2.24) is 15.0 Å². The summed E-state index contributed by atoms with van der Waals surface area (Å²) < 4.78 is 5.57. The van der Waals surface area contributed by atoms with E-state index >= 15 is 0 Å². The summed E-state index contributed by atoms with van der Waals surface area (Å²) in [4.78, 5) is 6.65. The van der Waals surface area contributed by atoms with Gasteiger partial charge in [-0.2, -0.15) is 0 Å². The van der Waals surface area contributed by atoms with Crippen LogP contribution in [-0.4, -0.2) is 21.6 Å². The van der Waals surface area contributed by atoms with Crippen LogP contribution in [0.5, 0.6) is 0 Å². The van der Waals surface area contributed by atoms with Crippen molar-refractivity contribution in [3.63, 3.8) is 0 Å². The summed E-state index contributed by atoms with van der Waals surface area (Å²) in [5.74, 6) is 1.43. The molecular formula is C16H21N3O. The quantitative estimate of drug-likeness (QED) is 0.853. The van der Waals surface area contributed by atoms with Gasteiger partial charge in [0.25, 0.3) is 0 Å². The van der Waals surface area contributed by atoms with Crippen molar-refractivity contribution in [2.75, 3.05) is 6.54 Å². The molecule has 2 aromatic heterocycles. The van der Waals surface area contributed by atoms with E-state index in [1.54, 1.807) is 0 Å². The lowest BCUT2D eigenvalue weighted by molar-refractivity contribution is 0.206. The molecule has 3 heterocycles. The van der Waals surface area contributed by atoms with Crippen LogP contribution in [0.2, 0.25) is 0 Å². The van der Waals surface area contributed by atoms with E-state index < -0.39 is 0 Å². The molecule has 0 aliphatic carbocycles. The maximum absolute atomic E-state index is 5.57. The number of likely N-dealkylation sites (tertiary alicyclic amines) is 1. The van der Waals surface area contributed by atoms with Crippen molar-refractivity contribution in [1.29, 1.82) is 0 Å². The number of rotatable bonds is 4. The van der Waals surface area contributed by atoms with E-state index in [1.807, 2.05) is 18.5 Å². The van der Waals surface area contributed by atoms with Crippen LogP contribution in [0.3, 0.4) is 0 Å². The van der Waals surface area contributed by atoms with Crippen LogP contribution in [0.4, 0.5) is 0 Å². The van der Waals surface area contributed by atoms with Gasteiger partial charge in [-0.1, -0.05) is 25.1 Å².